The summed E-state index contributed by atoms with van der Waals surface area (Å²) >= 11 is 0. The first-order chi connectivity index (χ1) is 5.72. The van der Waals surface area contributed by atoms with Crippen LogP contribution in [0.2, 0.25) is 0 Å². The molecule has 0 radical (unpaired) electrons. The van der Waals surface area contributed by atoms with E-state index in [0.717, 1.165) is 24.3 Å². The topological polar surface area (TPSA) is 37.3 Å². The van der Waals surface area contributed by atoms with Gasteiger partial charge in [0.2, 0.25) is 0 Å². The Bertz CT molecular complexity index is 184. The lowest BCUT2D eigenvalue weighted by molar-refractivity contribution is -0.131. The van der Waals surface area contributed by atoms with Crippen LogP contribution in [0.4, 0.5) is 0 Å². The van der Waals surface area contributed by atoms with Crippen molar-refractivity contribution in [1.82, 2.24) is 0 Å². The number of hydrogen-bond donors (Lipinski definition) is 1. The van der Waals surface area contributed by atoms with Gasteiger partial charge in [-0.1, -0.05) is 18.9 Å². The molecule has 1 aliphatic carbocycles. The fourth-order valence-electron chi connectivity index (χ4n) is 1.78. The first-order valence-corrected chi connectivity index (χ1v) is 4.64. The summed E-state index contributed by atoms with van der Waals surface area (Å²) in [6, 6.07) is 0. The van der Waals surface area contributed by atoms with Crippen LogP contribution in [0.15, 0.2) is 11.6 Å². The van der Waals surface area contributed by atoms with E-state index in [4.69, 9.17) is 5.11 Å². The fourth-order valence-corrected chi connectivity index (χ4v) is 1.78. The van der Waals surface area contributed by atoms with Crippen molar-refractivity contribution in [2.45, 2.75) is 39.0 Å². The van der Waals surface area contributed by atoms with Crippen LogP contribution in [0, 0.1) is 5.92 Å². The normalized spacial score (nSPS) is 23.8. The van der Waals surface area contributed by atoms with Gasteiger partial charge in [0.05, 0.1) is 0 Å². The number of rotatable bonds is 2. The lowest BCUT2D eigenvalue weighted by atomic mass is 9.84. The number of aliphatic carboxylic acids is 1. The van der Waals surface area contributed by atoms with E-state index in [1.807, 2.05) is 0 Å². The highest BCUT2D eigenvalue weighted by Crippen LogP contribution is 2.29. The zero-order valence-corrected chi connectivity index (χ0v) is 7.55. The molecule has 2 nitrogen and oxygen atoms in total. The third-order valence-corrected chi connectivity index (χ3v) is 2.65. The Kier molecular flexibility index (Phi) is 3.32. The molecule has 1 rings (SSSR count). The van der Waals surface area contributed by atoms with E-state index in [0.29, 0.717) is 0 Å². The molecule has 1 fully saturated rings. The molecule has 0 spiro atoms. The lowest BCUT2D eigenvalue weighted by Crippen LogP contribution is -2.07. The molecule has 2 heteroatoms. The van der Waals surface area contributed by atoms with Crippen molar-refractivity contribution >= 4 is 5.97 Å². The van der Waals surface area contributed by atoms with E-state index < -0.39 is 5.97 Å². The molecule has 68 valence electrons. The average molecular weight is 168 g/mol. The van der Waals surface area contributed by atoms with Crippen LogP contribution in [0.5, 0.6) is 0 Å². The minimum absolute atomic E-state index is 0.792. The summed E-state index contributed by atoms with van der Waals surface area (Å²) in [5.41, 5.74) is 1.12. The lowest BCUT2D eigenvalue weighted by Gasteiger charge is -2.21. The summed E-state index contributed by atoms with van der Waals surface area (Å²) in [5, 5.41) is 8.51. The zero-order valence-electron chi connectivity index (χ0n) is 7.55. The second-order valence-corrected chi connectivity index (χ2v) is 3.49. The maximum absolute atomic E-state index is 10.3. The number of carboxylic acids is 1. The summed E-state index contributed by atoms with van der Waals surface area (Å²) in [7, 11) is 0. The van der Waals surface area contributed by atoms with Gasteiger partial charge in [-0.25, -0.2) is 4.79 Å². The fraction of sp³-hybridized carbons (Fsp3) is 0.700. The van der Waals surface area contributed by atoms with Crippen molar-refractivity contribution in [3.8, 4) is 0 Å². The third-order valence-electron chi connectivity index (χ3n) is 2.65. The van der Waals surface area contributed by atoms with Crippen molar-refractivity contribution in [2.24, 2.45) is 5.92 Å². The predicted molar refractivity (Wildman–Crippen MR) is 48.0 cm³/mol. The Morgan fingerprint density at radius 3 is 2.58 bits per heavy atom. The Morgan fingerprint density at radius 2 is 2.17 bits per heavy atom. The molecule has 0 heterocycles. The van der Waals surface area contributed by atoms with Gasteiger partial charge in [0.15, 0.2) is 0 Å². The van der Waals surface area contributed by atoms with Gasteiger partial charge in [-0.05, 0) is 31.6 Å². The van der Waals surface area contributed by atoms with E-state index in [1.54, 1.807) is 0 Å². The van der Waals surface area contributed by atoms with Gasteiger partial charge in [-0.2, -0.15) is 0 Å². The van der Waals surface area contributed by atoms with Gasteiger partial charge >= 0.3 is 5.97 Å². The Balaban J connectivity index is 2.40. The first kappa shape index (κ1) is 9.30. The summed E-state index contributed by atoms with van der Waals surface area (Å²) in [6.45, 7) is 2.20. The summed E-state index contributed by atoms with van der Waals surface area (Å²) in [4.78, 5) is 10.3. The molecule has 0 unspecified atom stereocenters. The Hall–Kier alpha value is -0.790. The van der Waals surface area contributed by atoms with Crippen LogP contribution in [0.25, 0.3) is 0 Å². The number of carbonyl (C=O) groups is 1. The molecule has 1 N–H and O–H groups in total. The van der Waals surface area contributed by atoms with Gasteiger partial charge < -0.3 is 5.11 Å². The molecule has 0 atom stereocenters. The molecule has 0 aliphatic heterocycles. The van der Waals surface area contributed by atoms with Crippen molar-refractivity contribution in [3.63, 3.8) is 0 Å². The maximum atomic E-state index is 10.3. The number of allylic oxidation sites excluding steroid dienone is 1. The largest absolute Gasteiger partial charge is 0.478 e. The molecule has 1 saturated carbocycles. The van der Waals surface area contributed by atoms with E-state index in [2.05, 4.69) is 6.92 Å². The third kappa shape index (κ3) is 2.68. The molecule has 1 aliphatic rings. The molecule has 0 aromatic heterocycles. The van der Waals surface area contributed by atoms with Crippen molar-refractivity contribution in [1.29, 1.82) is 0 Å². The van der Waals surface area contributed by atoms with E-state index in [9.17, 15) is 4.79 Å². The molecular weight excluding hydrogens is 152 g/mol. The van der Waals surface area contributed by atoms with Gasteiger partial charge in [-0.3, -0.25) is 0 Å². The molecular formula is C10H16O2. The standard InChI is InChI=1S/C10H16O2/c1-2-8-3-5-9(6-4-8)7-10(11)12/h7-8H,2-6H2,1H3,(H,11,12). The highest BCUT2D eigenvalue weighted by Gasteiger charge is 2.14. The minimum atomic E-state index is -0.792. The average Bonchev–Trinajstić information content (AvgIpc) is 2.05. The Labute approximate surface area is 73.3 Å². The molecule has 0 amide bonds. The van der Waals surface area contributed by atoms with Crippen molar-refractivity contribution in [3.05, 3.63) is 11.6 Å². The number of hydrogen-bond acceptors (Lipinski definition) is 1. The first-order valence-electron chi connectivity index (χ1n) is 4.64. The highest BCUT2D eigenvalue weighted by atomic mass is 16.4. The summed E-state index contributed by atoms with van der Waals surface area (Å²) in [5.74, 6) is 0.0379. The van der Waals surface area contributed by atoms with Crippen LogP contribution < -0.4 is 0 Å². The maximum Gasteiger partial charge on any atom is 0.328 e. The summed E-state index contributed by atoms with van der Waals surface area (Å²) in [6.07, 6.45) is 6.95. The van der Waals surface area contributed by atoms with Crippen LogP contribution in [-0.2, 0) is 4.79 Å². The zero-order chi connectivity index (χ0) is 8.97. The van der Waals surface area contributed by atoms with Crippen LogP contribution >= 0.6 is 0 Å². The van der Waals surface area contributed by atoms with E-state index in [1.165, 1.54) is 25.3 Å². The van der Waals surface area contributed by atoms with Crippen molar-refractivity contribution < 1.29 is 9.90 Å². The smallest absolute Gasteiger partial charge is 0.328 e. The van der Waals surface area contributed by atoms with Gasteiger partial charge in [0.25, 0.3) is 0 Å². The van der Waals surface area contributed by atoms with Gasteiger partial charge in [0, 0.05) is 6.08 Å². The molecule has 0 aromatic rings. The molecule has 0 bridgehead atoms. The second kappa shape index (κ2) is 4.29. The monoisotopic (exact) mass is 168 g/mol. The van der Waals surface area contributed by atoms with Crippen LogP contribution in [-0.4, -0.2) is 11.1 Å². The molecule has 12 heavy (non-hydrogen) atoms. The molecule has 0 aromatic carbocycles. The van der Waals surface area contributed by atoms with Crippen molar-refractivity contribution in [2.75, 3.05) is 0 Å². The van der Waals surface area contributed by atoms with Crippen LogP contribution in [0.3, 0.4) is 0 Å². The van der Waals surface area contributed by atoms with E-state index in [-0.39, 0.29) is 0 Å². The van der Waals surface area contributed by atoms with Gasteiger partial charge in [-0.15, -0.1) is 0 Å². The highest BCUT2D eigenvalue weighted by molar-refractivity contribution is 5.80. The SMILES string of the molecule is CCC1CCC(=CC(=O)O)CC1. The van der Waals surface area contributed by atoms with Gasteiger partial charge in [0.1, 0.15) is 0 Å². The minimum Gasteiger partial charge on any atom is -0.478 e. The Morgan fingerprint density at radius 1 is 1.58 bits per heavy atom. The second-order valence-electron chi connectivity index (χ2n) is 3.49. The predicted octanol–water partition coefficient (Wildman–Crippen LogP) is 2.60. The van der Waals surface area contributed by atoms with Crippen LogP contribution in [0.1, 0.15) is 39.0 Å². The quantitative estimate of drug-likeness (QED) is 0.643. The number of carboxylic acid groups (broad SMARTS) is 1. The summed E-state index contributed by atoms with van der Waals surface area (Å²) < 4.78 is 0. The van der Waals surface area contributed by atoms with E-state index >= 15 is 0 Å². The molecule has 0 saturated heterocycles.